The van der Waals surface area contributed by atoms with Crippen molar-refractivity contribution >= 4 is 18.1 Å². The zero-order valence-electron chi connectivity index (χ0n) is 14.3. The highest BCUT2D eigenvalue weighted by Crippen LogP contribution is 2.21. The molecule has 0 radical (unpaired) electrons. The normalized spacial score (nSPS) is 10.7. The molecule has 0 aromatic heterocycles. The maximum Gasteiger partial charge on any atom is 0.337 e. The van der Waals surface area contributed by atoms with E-state index in [0.29, 0.717) is 0 Å². The molecular formula is C18H16F2N2O4. The fraction of sp³-hybridized carbons (Fsp3) is 0.167. The first kappa shape index (κ1) is 19.0. The Balaban J connectivity index is 2.20. The van der Waals surface area contributed by atoms with Crippen LogP contribution in [0.4, 0.5) is 8.78 Å². The Morgan fingerprint density at radius 3 is 2.50 bits per heavy atom. The van der Waals surface area contributed by atoms with Crippen molar-refractivity contribution in [2.45, 2.75) is 0 Å². The standard InChI is InChI=1S/C18H16F2N2O4/c1-22(17(23)13-5-4-6-15(25-2)16(13)20)21-10-12-8-7-11(9-14(12)19)18(24)26-3/h4-10H,1-3H3/b21-10+. The lowest BCUT2D eigenvalue weighted by atomic mass is 10.1. The first-order valence-corrected chi connectivity index (χ1v) is 7.41. The third kappa shape index (κ3) is 4.02. The van der Waals surface area contributed by atoms with Crippen LogP contribution in [0.25, 0.3) is 0 Å². The van der Waals surface area contributed by atoms with E-state index in [2.05, 4.69) is 9.84 Å². The van der Waals surface area contributed by atoms with Gasteiger partial charge >= 0.3 is 5.97 Å². The predicted octanol–water partition coefficient (Wildman–Crippen LogP) is 2.87. The van der Waals surface area contributed by atoms with Crippen LogP contribution in [0.15, 0.2) is 41.5 Å². The van der Waals surface area contributed by atoms with Gasteiger partial charge in [-0.05, 0) is 30.3 Å². The minimum absolute atomic E-state index is 0.0448. The van der Waals surface area contributed by atoms with Crippen molar-refractivity contribution in [3.05, 3.63) is 64.7 Å². The molecule has 0 fully saturated rings. The van der Waals surface area contributed by atoms with Gasteiger partial charge in [-0.15, -0.1) is 0 Å². The van der Waals surface area contributed by atoms with E-state index < -0.39 is 23.5 Å². The summed E-state index contributed by atoms with van der Waals surface area (Å²) in [6.07, 6.45) is 1.09. The molecule has 2 aromatic carbocycles. The van der Waals surface area contributed by atoms with Crippen LogP contribution in [0.5, 0.6) is 5.75 Å². The molecule has 0 saturated heterocycles. The van der Waals surface area contributed by atoms with Crippen LogP contribution in [-0.2, 0) is 4.74 Å². The number of amides is 1. The summed E-state index contributed by atoms with van der Waals surface area (Å²) in [7, 11) is 3.78. The molecule has 0 aliphatic carbocycles. The number of carbonyl (C=O) groups excluding carboxylic acids is 2. The number of hydrogen-bond donors (Lipinski definition) is 0. The van der Waals surface area contributed by atoms with E-state index in [9.17, 15) is 18.4 Å². The van der Waals surface area contributed by atoms with E-state index >= 15 is 0 Å². The minimum Gasteiger partial charge on any atom is -0.494 e. The van der Waals surface area contributed by atoms with Gasteiger partial charge in [0, 0.05) is 12.6 Å². The quantitative estimate of drug-likeness (QED) is 0.466. The number of halogens is 2. The number of nitrogens with zero attached hydrogens (tertiary/aromatic N) is 2. The second kappa shape index (κ2) is 8.19. The molecule has 0 bridgehead atoms. The zero-order valence-corrected chi connectivity index (χ0v) is 14.3. The van der Waals surface area contributed by atoms with E-state index in [0.717, 1.165) is 17.3 Å². The summed E-state index contributed by atoms with van der Waals surface area (Å²) in [6.45, 7) is 0. The lowest BCUT2D eigenvalue weighted by molar-refractivity contribution is 0.0600. The van der Waals surface area contributed by atoms with Gasteiger partial charge in [0.1, 0.15) is 5.82 Å². The summed E-state index contributed by atoms with van der Waals surface area (Å²) >= 11 is 0. The number of rotatable bonds is 5. The molecule has 0 saturated carbocycles. The topological polar surface area (TPSA) is 68.2 Å². The Labute approximate surface area is 148 Å². The molecule has 26 heavy (non-hydrogen) atoms. The Morgan fingerprint density at radius 1 is 1.15 bits per heavy atom. The van der Waals surface area contributed by atoms with Crippen molar-refractivity contribution in [1.29, 1.82) is 0 Å². The molecule has 6 nitrogen and oxygen atoms in total. The Hall–Kier alpha value is -3.29. The fourth-order valence-electron chi connectivity index (χ4n) is 2.09. The highest BCUT2D eigenvalue weighted by Gasteiger charge is 2.18. The molecule has 0 atom stereocenters. The van der Waals surface area contributed by atoms with Gasteiger partial charge in [0.25, 0.3) is 5.91 Å². The number of ether oxygens (including phenoxy) is 2. The van der Waals surface area contributed by atoms with Crippen LogP contribution in [0.2, 0.25) is 0 Å². The first-order chi connectivity index (χ1) is 12.4. The average Bonchev–Trinajstić information content (AvgIpc) is 2.65. The highest BCUT2D eigenvalue weighted by molar-refractivity contribution is 5.95. The van der Waals surface area contributed by atoms with Gasteiger partial charge in [-0.25, -0.2) is 18.6 Å². The Kier molecular flexibility index (Phi) is 6.00. The summed E-state index contributed by atoms with van der Waals surface area (Å²) in [5.41, 5.74) is -0.140. The van der Waals surface area contributed by atoms with E-state index in [1.165, 1.54) is 51.6 Å². The average molecular weight is 362 g/mol. The monoisotopic (exact) mass is 362 g/mol. The van der Waals surface area contributed by atoms with Crippen molar-refractivity contribution in [1.82, 2.24) is 5.01 Å². The van der Waals surface area contributed by atoms with E-state index in [1.807, 2.05) is 0 Å². The summed E-state index contributed by atoms with van der Waals surface area (Å²) < 4.78 is 37.5. The van der Waals surface area contributed by atoms with E-state index in [4.69, 9.17) is 4.74 Å². The second-order valence-corrected chi connectivity index (χ2v) is 5.12. The molecular weight excluding hydrogens is 346 g/mol. The smallest absolute Gasteiger partial charge is 0.337 e. The molecule has 0 unspecified atom stereocenters. The lowest BCUT2D eigenvalue weighted by Crippen LogP contribution is -2.22. The van der Waals surface area contributed by atoms with Gasteiger partial charge in [0.05, 0.1) is 31.6 Å². The summed E-state index contributed by atoms with van der Waals surface area (Å²) in [6, 6.07) is 7.82. The number of esters is 1. The van der Waals surface area contributed by atoms with Crippen LogP contribution < -0.4 is 4.74 Å². The predicted molar refractivity (Wildman–Crippen MR) is 90.4 cm³/mol. The molecule has 0 spiro atoms. The zero-order chi connectivity index (χ0) is 19.3. The summed E-state index contributed by atoms with van der Waals surface area (Å²) in [5.74, 6) is -3.00. The van der Waals surface area contributed by atoms with Crippen LogP contribution in [0.1, 0.15) is 26.3 Å². The Bertz CT molecular complexity index is 868. The van der Waals surface area contributed by atoms with Gasteiger partial charge in [-0.3, -0.25) is 4.79 Å². The maximum atomic E-state index is 14.1. The van der Waals surface area contributed by atoms with E-state index in [-0.39, 0.29) is 22.4 Å². The van der Waals surface area contributed by atoms with Gasteiger partial charge in [0.15, 0.2) is 11.6 Å². The SMILES string of the molecule is COC(=O)c1ccc(/C=N/N(C)C(=O)c2cccc(OC)c2F)c(F)c1. The number of methoxy groups -OCH3 is 2. The van der Waals surface area contributed by atoms with Crippen LogP contribution >= 0.6 is 0 Å². The van der Waals surface area contributed by atoms with Crippen LogP contribution in [0.3, 0.4) is 0 Å². The molecule has 0 heterocycles. The van der Waals surface area contributed by atoms with Crippen LogP contribution in [-0.4, -0.2) is 44.4 Å². The van der Waals surface area contributed by atoms with Gasteiger partial charge in [-0.1, -0.05) is 6.07 Å². The minimum atomic E-state index is -0.810. The van der Waals surface area contributed by atoms with Gasteiger partial charge in [-0.2, -0.15) is 5.10 Å². The molecule has 2 rings (SSSR count). The number of hydrazone groups is 1. The molecule has 2 aromatic rings. The molecule has 1 amide bonds. The summed E-state index contributed by atoms with van der Waals surface area (Å²) in [4.78, 5) is 23.6. The largest absolute Gasteiger partial charge is 0.494 e. The molecule has 0 N–H and O–H groups in total. The molecule has 8 heteroatoms. The second-order valence-electron chi connectivity index (χ2n) is 5.12. The first-order valence-electron chi connectivity index (χ1n) is 7.41. The highest BCUT2D eigenvalue weighted by atomic mass is 19.1. The summed E-state index contributed by atoms with van der Waals surface area (Å²) in [5, 5.41) is 4.68. The van der Waals surface area contributed by atoms with Crippen molar-refractivity contribution in [2.75, 3.05) is 21.3 Å². The number of benzene rings is 2. The van der Waals surface area contributed by atoms with E-state index in [1.54, 1.807) is 0 Å². The maximum absolute atomic E-state index is 14.1. The van der Waals surface area contributed by atoms with Gasteiger partial charge in [0.2, 0.25) is 0 Å². The van der Waals surface area contributed by atoms with Crippen molar-refractivity contribution in [2.24, 2.45) is 5.10 Å². The number of hydrogen-bond acceptors (Lipinski definition) is 5. The molecule has 0 aliphatic heterocycles. The van der Waals surface area contributed by atoms with Crippen molar-refractivity contribution in [3.63, 3.8) is 0 Å². The van der Waals surface area contributed by atoms with Crippen molar-refractivity contribution in [3.8, 4) is 5.75 Å². The van der Waals surface area contributed by atoms with Crippen LogP contribution in [0, 0.1) is 11.6 Å². The van der Waals surface area contributed by atoms with Gasteiger partial charge < -0.3 is 9.47 Å². The third-order valence-electron chi connectivity index (χ3n) is 3.50. The number of carbonyl (C=O) groups is 2. The van der Waals surface area contributed by atoms with Crippen molar-refractivity contribution < 1.29 is 27.8 Å². The molecule has 0 aliphatic rings. The lowest BCUT2D eigenvalue weighted by Gasteiger charge is -2.12. The molecule has 136 valence electrons. The fourth-order valence-corrected chi connectivity index (χ4v) is 2.09. The Morgan fingerprint density at radius 2 is 1.88 bits per heavy atom. The third-order valence-corrected chi connectivity index (χ3v) is 3.50.